The first-order valence-electron chi connectivity index (χ1n) is 7.82. The summed E-state index contributed by atoms with van der Waals surface area (Å²) in [6.07, 6.45) is 5.42. The molecule has 3 heteroatoms. The zero-order valence-corrected chi connectivity index (χ0v) is 17.7. The van der Waals surface area contributed by atoms with Crippen molar-refractivity contribution in [2.45, 2.75) is 20.8 Å². The van der Waals surface area contributed by atoms with Crippen LogP contribution in [0.3, 0.4) is 0 Å². The molecule has 0 saturated carbocycles. The summed E-state index contributed by atoms with van der Waals surface area (Å²) in [7, 11) is 0. The van der Waals surface area contributed by atoms with Gasteiger partial charge >= 0.3 is 158 Å². The monoisotopic (exact) mass is 450 g/mol. The van der Waals surface area contributed by atoms with Crippen molar-refractivity contribution < 1.29 is 4.79 Å². The number of rotatable bonds is 6. The van der Waals surface area contributed by atoms with Crippen LogP contribution in [0.25, 0.3) is 0 Å². The summed E-state index contributed by atoms with van der Waals surface area (Å²) in [6.45, 7) is 6.60. The van der Waals surface area contributed by atoms with E-state index in [-0.39, 0.29) is 35.3 Å². The van der Waals surface area contributed by atoms with E-state index in [4.69, 9.17) is 0 Å². The molecule has 0 amide bonds. The molecule has 0 aliphatic heterocycles. The molecule has 124 valence electrons. The molecule has 0 aliphatic rings. The first kappa shape index (κ1) is 19.0. The van der Waals surface area contributed by atoms with Crippen molar-refractivity contribution in [2.24, 2.45) is 5.41 Å². The molecular weight excluding hydrogens is 426 g/mol. The van der Waals surface area contributed by atoms with Gasteiger partial charge in [0.25, 0.3) is 0 Å². The van der Waals surface area contributed by atoms with E-state index in [2.05, 4.69) is 69.3 Å². The summed E-state index contributed by atoms with van der Waals surface area (Å²) < 4.78 is 4.71. The average Bonchev–Trinajstić information content (AvgIpc) is 2.54. The van der Waals surface area contributed by atoms with Crippen LogP contribution in [0.1, 0.15) is 20.8 Å². The molecule has 0 saturated heterocycles. The van der Waals surface area contributed by atoms with Crippen LogP contribution in [0.15, 0.2) is 81.8 Å². The van der Waals surface area contributed by atoms with E-state index >= 15 is 0 Å². The van der Waals surface area contributed by atoms with Crippen molar-refractivity contribution in [1.82, 2.24) is 0 Å². The van der Waals surface area contributed by atoms with E-state index in [1.165, 1.54) is 13.4 Å². The summed E-state index contributed by atoms with van der Waals surface area (Å²) in [5.41, 5.74) is 0.0934. The molecule has 24 heavy (non-hydrogen) atoms. The van der Waals surface area contributed by atoms with Gasteiger partial charge in [0.05, 0.1) is 0 Å². The van der Waals surface area contributed by atoms with Crippen LogP contribution in [0, 0.1) is 5.41 Å². The third-order valence-corrected chi connectivity index (χ3v) is 7.00. The number of carbonyl (C=O) groups excluding carboxylic acids is 1. The molecule has 0 heterocycles. The predicted octanol–water partition coefficient (Wildman–Crippen LogP) is 3.06. The van der Waals surface area contributed by atoms with Gasteiger partial charge in [-0.15, -0.1) is 0 Å². The van der Waals surface area contributed by atoms with Crippen LogP contribution in [-0.2, 0) is 4.79 Å². The Morgan fingerprint density at radius 3 is 1.67 bits per heavy atom. The number of benzene rings is 2. The molecule has 2 rings (SSSR count). The molecule has 0 radical (unpaired) electrons. The second-order valence-electron chi connectivity index (χ2n) is 6.41. The Morgan fingerprint density at radius 2 is 1.25 bits per heavy atom. The van der Waals surface area contributed by atoms with Gasteiger partial charge in [0.2, 0.25) is 0 Å². The van der Waals surface area contributed by atoms with Gasteiger partial charge in [-0.2, -0.15) is 0 Å². The van der Waals surface area contributed by atoms with Crippen LogP contribution >= 0.6 is 0 Å². The van der Waals surface area contributed by atoms with Crippen LogP contribution in [0.5, 0.6) is 0 Å². The minimum atomic E-state index is 0.0484. The van der Waals surface area contributed by atoms with Crippen molar-refractivity contribution in [3.8, 4) is 0 Å². The average molecular weight is 448 g/mol. The molecule has 0 bridgehead atoms. The third kappa shape index (κ3) is 7.03. The summed E-state index contributed by atoms with van der Waals surface area (Å²) >= 11 is 0.252. The summed E-state index contributed by atoms with van der Waals surface area (Å²) in [5.74, 6) is 0. The van der Waals surface area contributed by atoms with Gasteiger partial charge in [-0.05, 0) is 0 Å². The second kappa shape index (κ2) is 9.20. The summed E-state index contributed by atoms with van der Waals surface area (Å²) in [4.78, 5) is 11.6. The standard InChI is InChI=1S/C21H22OSe2/c1-21(2,3)15-19(23-17-10-6-4-7-11-17)14-20(16-22)24-18-12-8-5-9-13-18/h4-16H,1-3H3/b19-15-,20-14-. The van der Waals surface area contributed by atoms with Crippen LogP contribution in [0.2, 0.25) is 0 Å². The Labute approximate surface area is 157 Å². The molecule has 0 N–H and O–H groups in total. The van der Waals surface area contributed by atoms with E-state index in [0.717, 1.165) is 10.8 Å². The number of hydrogen-bond acceptors (Lipinski definition) is 1. The minimum absolute atomic E-state index is 0.0484. The molecule has 0 aliphatic carbocycles. The van der Waals surface area contributed by atoms with Gasteiger partial charge in [-0.3, -0.25) is 0 Å². The number of carbonyl (C=O) groups is 1. The Kier molecular flexibility index (Phi) is 7.27. The van der Waals surface area contributed by atoms with Crippen LogP contribution < -0.4 is 8.92 Å². The van der Waals surface area contributed by atoms with Crippen molar-refractivity contribution in [3.63, 3.8) is 0 Å². The normalized spacial score (nSPS) is 13.0. The Bertz CT molecular complexity index is 711. The fraction of sp³-hybridized carbons (Fsp3) is 0.190. The quantitative estimate of drug-likeness (QED) is 0.288. The van der Waals surface area contributed by atoms with E-state index in [9.17, 15) is 4.79 Å². The van der Waals surface area contributed by atoms with Gasteiger partial charge in [0, 0.05) is 0 Å². The SMILES string of the molecule is CC(C)(C)/C=C(/C=C(/C=O)[Se]c1ccccc1)[Se]c1ccccc1. The number of hydrogen-bond donors (Lipinski definition) is 0. The number of allylic oxidation sites excluding steroid dienone is 4. The van der Waals surface area contributed by atoms with Gasteiger partial charge < -0.3 is 0 Å². The predicted molar refractivity (Wildman–Crippen MR) is 105 cm³/mol. The Morgan fingerprint density at radius 1 is 0.792 bits per heavy atom. The molecule has 0 aromatic heterocycles. The van der Waals surface area contributed by atoms with Gasteiger partial charge in [-0.1, -0.05) is 0 Å². The van der Waals surface area contributed by atoms with Crippen molar-refractivity contribution in [1.29, 1.82) is 0 Å². The first-order valence-corrected chi connectivity index (χ1v) is 11.2. The number of aldehydes is 1. The van der Waals surface area contributed by atoms with Crippen molar-refractivity contribution in [2.75, 3.05) is 0 Å². The Hall–Kier alpha value is -1.37. The fourth-order valence-corrected chi connectivity index (χ4v) is 6.50. The molecule has 2 aromatic rings. The molecule has 0 unspecified atom stereocenters. The van der Waals surface area contributed by atoms with Crippen molar-refractivity contribution >= 4 is 45.1 Å². The van der Waals surface area contributed by atoms with E-state index < -0.39 is 0 Å². The van der Waals surface area contributed by atoms with E-state index in [1.54, 1.807) is 0 Å². The maximum absolute atomic E-state index is 11.6. The summed E-state index contributed by atoms with van der Waals surface area (Å²) in [5, 5.41) is 0. The molecule has 0 spiro atoms. The molecule has 1 nitrogen and oxygen atoms in total. The molecule has 0 fully saturated rings. The van der Waals surface area contributed by atoms with Gasteiger partial charge in [0.1, 0.15) is 0 Å². The van der Waals surface area contributed by atoms with Crippen molar-refractivity contribution in [3.05, 3.63) is 81.8 Å². The molecule has 0 atom stereocenters. The summed E-state index contributed by atoms with van der Waals surface area (Å²) in [6, 6.07) is 20.7. The second-order valence-corrected chi connectivity index (χ2v) is 11.2. The topological polar surface area (TPSA) is 17.1 Å². The first-order chi connectivity index (χ1) is 11.5. The van der Waals surface area contributed by atoms with Gasteiger partial charge in [-0.25, -0.2) is 0 Å². The van der Waals surface area contributed by atoms with Gasteiger partial charge in [0.15, 0.2) is 0 Å². The maximum atomic E-state index is 11.6. The van der Waals surface area contributed by atoms with Crippen LogP contribution in [0.4, 0.5) is 0 Å². The molecular formula is C21H22OSe2. The zero-order chi connectivity index (χ0) is 17.4. The van der Waals surface area contributed by atoms with E-state index in [0.29, 0.717) is 0 Å². The van der Waals surface area contributed by atoms with Crippen LogP contribution in [-0.4, -0.2) is 36.2 Å². The van der Waals surface area contributed by atoms with E-state index in [1.807, 2.05) is 24.3 Å². The molecule has 2 aromatic carbocycles. The zero-order valence-electron chi connectivity index (χ0n) is 14.2. The fourth-order valence-electron chi connectivity index (χ4n) is 2.00. The Balaban J connectivity index is 2.28. The third-order valence-electron chi connectivity index (χ3n) is 2.93.